The lowest BCUT2D eigenvalue weighted by atomic mass is 9.98. The van der Waals surface area contributed by atoms with Crippen LogP contribution in [0.25, 0.3) is 83.5 Å². The summed E-state index contributed by atoms with van der Waals surface area (Å²) in [4.78, 5) is 5.50. The molecule has 0 bridgehead atoms. The van der Waals surface area contributed by atoms with Crippen LogP contribution in [0.3, 0.4) is 0 Å². The van der Waals surface area contributed by atoms with Crippen LogP contribution in [0, 0.1) is 0 Å². The average molecular weight is 795 g/mol. The molecule has 12 rings (SSSR count). The Morgan fingerprint density at radius 2 is 0.984 bits per heavy atom. The Kier molecular flexibility index (Phi) is 8.67. The Morgan fingerprint density at radius 1 is 0.452 bits per heavy atom. The maximum absolute atomic E-state index is 5.50. The van der Waals surface area contributed by atoms with Crippen molar-refractivity contribution in [1.82, 2.24) is 14.5 Å². The van der Waals surface area contributed by atoms with Crippen molar-refractivity contribution in [2.45, 2.75) is 19.1 Å². The van der Waals surface area contributed by atoms with Gasteiger partial charge in [-0.25, -0.2) is 4.99 Å². The van der Waals surface area contributed by atoms with Crippen LogP contribution < -0.4 is 5.32 Å². The molecule has 62 heavy (non-hydrogen) atoms. The van der Waals surface area contributed by atoms with Gasteiger partial charge >= 0.3 is 0 Å². The number of aromatic nitrogens is 2. The second-order valence-corrected chi connectivity index (χ2v) is 16.3. The van der Waals surface area contributed by atoms with Gasteiger partial charge in [0, 0.05) is 38.8 Å². The zero-order valence-electron chi connectivity index (χ0n) is 34.1. The first-order valence-electron chi connectivity index (χ1n) is 21.5. The van der Waals surface area contributed by atoms with Crippen LogP contribution in [-0.4, -0.2) is 14.8 Å². The molecule has 1 aliphatic heterocycles. The third-order valence-electron chi connectivity index (χ3n) is 12.7. The number of hydrogen-bond donors (Lipinski definition) is 1. The van der Waals surface area contributed by atoms with E-state index in [0.717, 1.165) is 46.4 Å². The van der Waals surface area contributed by atoms with Gasteiger partial charge in [-0.05, 0) is 106 Å². The summed E-state index contributed by atoms with van der Waals surface area (Å²) in [5, 5.41) is 7.59. The van der Waals surface area contributed by atoms with Crippen molar-refractivity contribution in [2.75, 3.05) is 0 Å². The Hall–Kier alpha value is -7.95. The second kappa shape index (κ2) is 14.9. The number of benzene rings is 8. The molecule has 294 valence electrons. The molecule has 8 aromatic carbocycles. The molecule has 0 amide bonds. The largest absolute Gasteiger partial charge is 0.346 e. The van der Waals surface area contributed by atoms with E-state index in [1.54, 1.807) is 0 Å². The highest BCUT2D eigenvalue weighted by atomic mass is 15.3. The predicted octanol–water partition coefficient (Wildman–Crippen LogP) is 14.3. The highest BCUT2D eigenvalue weighted by Crippen LogP contribution is 2.40. The summed E-state index contributed by atoms with van der Waals surface area (Å²) in [5.74, 6) is 0. The normalized spacial score (nSPS) is 14.7. The van der Waals surface area contributed by atoms with Gasteiger partial charge in [0.15, 0.2) is 0 Å². The van der Waals surface area contributed by atoms with E-state index in [9.17, 15) is 0 Å². The van der Waals surface area contributed by atoms with Crippen molar-refractivity contribution in [1.29, 1.82) is 0 Å². The first kappa shape index (κ1) is 35.9. The number of aliphatic imine (C=N–C) groups is 1. The summed E-state index contributed by atoms with van der Waals surface area (Å²) in [6, 6.07) is 72.2. The zero-order valence-corrected chi connectivity index (χ0v) is 34.1. The molecular weight excluding hydrogens is 753 g/mol. The molecule has 1 atom stereocenters. The number of hydrogen-bond acceptors (Lipinski definition) is 2. The molecule has 0 spiro atoms. The maximum Gasteiger partial charge on any atom is 0.201 e. The van der Waals surface area contributed by atoms with Crippen LogP contribution in [0.2, 0.25) is 0 Å². The number of nitrogens with zero attached hydrogens (tertiary/aromatic N) is 3. The third-order valence-corrected chi connectivity index (χ3v) is 12.7. The zero-order chi connectivity index (χ0) is 41.0. The van der Waals surface area contributed by atoms with Gasteiger partial charge in [-0.3, -0.25) is 0 Å². The third kappa shape index (κ3) is 6.19. The highest BCUT2D eigenvalue weighted by Gasteiger charge is 2.25. The molecule has 3 heterocycles. The van der Waals surface area contributed by atoms with E-state index in [4.69, 9.17) is 4.99 Å². The number of para-hydroxylation sites is 2. The number of rotatable bonds is 7. The van der Waals surface area contributed by atoms with Gasteiger partial charge in [0.25, 0.3) is 0 Å². The summed E-state index contributed by atoms with van der Waals surface area (Å²) >= 11 is 0. The lowest BCUT2D eigenvalue weighted by Gasteiger charge is -2.27. The van der Waals surface area contributed by atoms with Crippen molar-refractivity contribution in [3.63, 3.8) is 0 Å². The minimum Gasteiger partial charge on any atom is -0.346 e. The molecule has 4 heteroatoms. The molecular formula is C58H42N4. The van der Waals surface area contributed by atoms with E-state index in [2.05, 4.69) is 233 Å². The lowest BCUT2D eigenvalue weighted by Crippen LogP contribution is -2.29. The minimum atomic E-state index is -0.395. The molecule has 0 fully saturated rings. The standard InChI is InChI=1S/C58H42N4/c1-4-14-39(15-5-1)41-24-28-43(29-25-41)52-38-53(44-30-26-42(27-31-44)40-16-6-2-7-17-40)60-58(59-52)62-55-23-13-11-21-49(55)51-37-46(33-35-57(51)62)45-32-34-56-50(36-45)48-20-10-12-22-54(48)61(56)47-18-8-3-9-19-47/h1-11,13-21,23-38,58-59H,12,22H2. The SMILES string of the molecule is C1=Cc2c(n(-c3ccccc3)c3ccc(-c4ccc5c(c4)c4ccccc4n5C4N=C(c5ccc(-c6ccccc6)cc5)C=C(c5ccc(-c6ccccc6)cc5)N4)cc23)CC1. The second-order valence-electron chi connectivity index (χ2n) is 16.3. The van der Waals surface area contributed by atoms with Crippen LogP contribution in [0.15, 0.2) is 217 Å². The van der Waals surface area contributed by atoms with E-state index in [0.29, 0.717) is 0 Å². The molecule has 4 nitrogen and oxygen atoms in total. The molecule has 0 saturated heterocycles. The fourth-order valence-electron chi connectivity index (χ4n) is 9.62. The summed E-state index contributed by atoms with van der Waals surface area (Å²) in [7, 11) is 0. The first-order chi connectivity index (χ1) is 30.7. The van der Waals surface area contributed by atoms with E-state index < -0.39 is 6.29 Å². The Labute approximate surface area is 361 Å². The molecule has 0 saturated carbocycles. The van der Waals surface area contributed by atoms with Crippen molar-refractivity contribution in [3.8, 4) is 39.1 Å². The molecule has 1 unspecified atom stereocenters. The average Bonchev–Trinajstić information content (AvgIpc) is 3.87. The Morgan fingerprint density at radius 3 is 1.68 bits per heavy atom. The fraction of sp³-hybridized carbons (Fsp3) is 0.0517. The molecule has 1 aliphatic carbocycles. The van der Waals surface area contributed by atoms with Crippen LogP contribution in [0.4, 0.5) is 0 Å². The van der Waals surface area contributed by atoms with Gasteiger partial charge in [0.2, 0.25) is 6.29 Å². The summed E-state index contributed by atoms with van der Waals surface area (Å²) in [6.07, 6.45) is 8.54. The van der Waals surface area contributed by atoms with Crippen LogP contribution in [0.1, 0.15) is 35.1 Å². The van der Waals surface area contributed by atoms with E-state index in [1.165, 1.54) is 72.0 Å². The van der Waals surface area contributed by atoms with Crippen molar-refractivity contribution < 1.29 is 0 Å². The highest BCUT2D eigenvalue weighted by molar-refractivity contribution is 6.14. The first-order valence-corrected chi connectivity index (χ1v) is 21.5. The molecule has 1 N–H and O–H groups in total. The molecule has 2 aliphatic rings. The van der Waals surface area contributed by atoms with Gasteiger partial charge in [0.05, 0.1) is 22.3 Å². The quantitative estimate of drug-likeness (QED) is 0.171. The van der Waals surface area contributed by atoms with Crippen LogP contribution in [-0.2, 0) is 6.42 Å². The van der Waals surface area contributed by atoms with Crippen molar-refractivity contribution in [2.24, 2.45) is 4.99 Å². The topological polar surface area (TPSA) is 34.2 Å². The monoisotopic (exact) mass is 794 g/mol. The van der Waals surface area contributed by atoms with E-state index >= 15 is 0 Å². The molecule has 2 aromatic heterocycles. The smallest absolute Gasteiger partial charge is 0.201 e. The molecule has 0 radical (unpaired) electrons. The van der Waals surface area contributed by atoms with Crippen molar-refractivity contribution >= 4 is 50.2 Å². The summed E-state index contributed by atoms with van der Waals surface area (Å²) in [6.45, 7) is 0. The number of allylic oxidation sites excluding steroid dienone is 2. The Balaban J connectivity index is 0.971. The van der Waals surface area contributed by atoms with Crippen LogP contribution in [0.5, 0.6) is 0 Å². The molecule has 10 aromatic rings. The minimum absolute atomic E-state index is 0.395. The summed E-state index contributed by atoms with van der Waals surface area (Å²) in [5.41, 5.74) is 18.8. The number of nitrogens with one attached hydrogen (secondary N) is 1. The fourth-order valence-corrected chi connectivity index (χ4v) is 9.62. The van der Waals surface area contributed by atoms with E-state index in [1.807, 2.05) is 0 Å². The van der Waals surface area contributed by atoms with Crippen molar-refractivity contribution in [3.05, 3.63) is 235 Å². The van der Waals surface area contributed by atoms with Gasteiger partial charge in [-0.15, -0.1) is 0 Å². The maximum atomic E-state index is 5.50. The van der Waals surface area contributed by atoms with Gasteiger partial charge in [0.1, 0.15) is 0 Å². The summed E-state index contributed by atoms with van der Waals surface area (Å²) < 4.78 is 4.83. The van der Waals surface area contributed by atoms with E-state index in [-0.39, 0.29) is 0 Å². The predicted molar refractivity (Wildman–Crippen MR) is 260 cm³/mol. The van der Waals surface area contributed by atoms with Gasteiger partial charge < -0.3 is 14.5 Å². The van der Waals surface area contributed by atoms with Gasteiger partial charge in [-0.1, -0.05) is 170 Å². The number of fused-ring (bicyclic) bond motifs is 6. The van der Waals surface area contributed by atoms with Gasteiger partial charge in [-0.2, -0.15) is 0 Å². The Bertz CT molecular complexity index is 3390. The van der Waals surface area contributed by atoms with Crippen LogP contribution >= 0.6 is 0 Å². The lowest BCUT2D eigenvalue weighted by molar-refractivity contribution is 0.508.